The molecule has 0 saturated carbocycles. The quantitative estimate of drug-likeness (QED) is 0.847. The van der Waals surface area contributed by atoms with Crippen LogP contribution in [0.4, 0.5) is 14.5 Å². The van der Waals surface area contributed by atoms with Crippen LogP contribution in [-0.2, 0) is 13.0 Å². The minimum absolute atomic E-state index is 0.177. The fraction of sp³-hybridized carbons (Fsp3) is 0.500. The van der Waals surface area contributed by atoms with E-state index >= 15 is 0 Å². The van der Waals surface area contributed by atoms with Gasteiger partial charge in [-0.15, -0.1) is 0 Å². The lowest BCUT2D eigenvalue weighted by Crippen LogP contribution is -2.24. The summed E-state index contributed by atoms with van der Waals surface area (Å²) in [5.74, 6) is 0. The van der Waals surface area contributed by atoms with Crippen molar-refractivity contribution in [2.45, 2.75) is 19.4 Å². The molecule has 0 amide bonds. The van der Waals surface area contributed by atoms with E-state index in [9.17, 15) is 8.78 Å². The zero-order valence-corrected chi connectivity index (χ0v) is 9.34. The first kappa shape index (κ1) is 11.3. The molecule has 0 saturated heterocycles. The largest absolute Gasteiger partial charge is 0.384 e. The summed E-state index contributed by atoms with van der Waals surface area (Å²) >= 11 is 0. The number of benzene rings is 1. The number of nitrogens with one attached hydrogen (secondary N) is 1. The Labute approximate surface area is 94.3 Å². The van der Waals surface area contributed by atoms with E-state index in [-0.39, 0.29) is 6.54 Å². The highest BCUT2D eigenvalue weighted by Crippen LogP contribution is 2.27. The predicted octanol–water partition coefficient (Wildman–Crippen LogP) is 2.35. The van der Waals surface area contributed by atoms with Crippen molar-refractivity contribution in [2.75, 3.05) is 25.5 Å². The lowest BCUT2D eigenvalue weighted by Gasteiger charge is -2.18. The molecule has 1 aromatic carbocycles. The molecule has 0 unspecified atom stereocenters. The molecule has 88 valence electrons. The van der Waals surface area contributed by atoms with Crippen molar-refractivity contribution in [1.29, 1.82) is 0 Å². The van der Waals surface area contributed by atoms with Crippen LogP contribution in [0, 0.1) is 0 Å². The van der Waals surface area contributed by atoms with E-state index < -0.39 is 6.43 Å². The predicted molar refractivity (Wildman–Crippen MR) is 61.0 cm³/mol. The van der Waals surface area contributed by atoms with Crippen LogP contribution in [0.3, 0.4) is 0 Å². The molecule has 1 aliphatic rings. The topological polar surface area (TPSA) is 15.3 Å². The zero-order valence-electron chi connectivity index (χ0n) is 9.34. The average molecular weight is 226 g/mol. The Balaban J connectivity index is 2.07. The number of nitrogens with zero attached hydrogens (tertiary/aromatic N) is 1. The van der Waals surface area contributed by atoms with Gasteiger partial charge in [0.2, 0.25) is 0 Å². The van der Waals surface area contributed by atoms with E-state index in [1.54, 1.807) is 11.9 Å². The molecule has 0 aromatic heterocycles. The van der Waals surface area contributed by atoms with Crippen LogP contribution in [-0.4, -0.2) is 31.5 Å². The highest BCUT2D eigenvalue weighted by molar-refractivity contribution is 5.61. The molecule has 0 atom stereocenters. The first-order valence-electron chi connectivity index (χ1n) is 5.48. The van der Waals surface area contributed by atoms with E-state index in [0.717, 1.165) is 24.2 Å². The van der Waals surface area contributed by atoms with Crippen molar-refractivity contribution in [1.82, 2.24) is 4.90 Å². The van der Waals surface area contributed by atoms with Gasteiger partial charge in [-0.25, -0.2) is 8.78 Å². The standard InChI is InChI=1S/C12H16F2N2/c1-16(8-11(13)14)7-10-4-2-3-9-5-6-15-12(9)10/h2-4,11,15H,5-8H2,1H3. The van der Waals surface area contributed by atoms with Crippen LogP contribution >= 0.6 is 0 Å². The number of rotatable bonds is 4. The third-order valence-electron chi connectivity index (χ3n) is 2.82. The van der Waals surface area contributed by atoms with Gasteiger partial charge in [-0.1, -0.05) is 18.2 Å². The van der Waals surface area contributed by atoms with Gasteiger partial charge in [0.05, 0.1) is 6.54 Å². The van der Waals surface area contributed by atoms with Crippen molar-refractivity contribution in [3.8, 4) is 0 Å². The Morgan fingerprint density at radius 2 is 2.25 bits per heavy atom. The van der Waals surface area contributed by atoms with Crippen LogP contribution in [0.5, 0.6) is 0 Å². The lowest BCUT2D eigenvalue weighted by molar-refractivity contribution is 0.0976. The number of hydrogen-bond donors (Lipinski definition) is 1. The Morgan fingerprint density at radius 1 is 1.44 bits per heavy atom. The van der Waals surface area contributed by atoms with Gasteiger partial charge in [0.15, 0.2) is 0 Å². The van der Waals surface area contributed by atoms with E-state index in [0.29, 0.717) is 6.54 Å². The van der Waals surface area contributed by atoms with Crippen LogP contribution < -0.4 is 5.32 Å². The molecule has 1 heterocycles. The van der Waals surface area contributed by atoms with Gasteiger partial charge in [-0.05, 0) is 24.6 Å². The van der Waals surface area contributed by atoms with Gasteiger partial charge in [-0.3, -0.25) is 4.90 Å². The van der Waals surface area contributed by atoms with Gasteiger partial charge in [-0.2, -0.15) is 0 Å². The summed E-state index contributed by atoms with van der Waals surface area (Å²) in [7, 11) is 1.72. The Kier molecular flexibility index (Phi) is 3.39. The van der Waals surface area contributed by atoms with Crippen LogP contribution in [0.2, 0.25) is 0 Å². The third kappa shape index (κ3) is 2.50. The van der Waals surface area contributed by atoms with Gasteiger partial charge in [0.1, 0.15) is 0 Å². The number of para-hydroxylation sites is 1. The second kappa shape index (κ2) is 4.78. The van der Waals surface area contributed by atoms with Crippen molar-refractivity contribution < 1.29 is 8.78 Å². The molecule has 16 heavy (non-hydrogen) atoms. The number of fused-ring (bicyclic) bond motifs is 1. The van der Waals surface area contributed by atoms with Crippen LogP contribution in [0.15, 0.2) is 18.2 Å². The second-order valence-corrected chi connectivity index (χ2v) is 4.22. The smallest absolute Gasteiger partial charge is 0.251 e. The molecule has 0 bridgehead atoms. The molecule has 1 N–H and O–H groups in total. The fourth-order valence-corrected chi connectivity index (χ4v) is 2.13. The number of alkyl halides is 2. The Morgan fingerprint density at radius 3 is 3.00 bits per heavy atom. The molecule has 0 spiro atoms. The molecule has 0 aliphatic carbocycles. The Hall–Kier alpha value is -1.16. The summed E-state index contributed by atoms with van der Waals surface area (Å²) in [6.45, 7) is 1.34. The highest BCUT2D eigenvalue weighted by atomic mass is 19.3. The molecule has 0 fully saturated rings. The van der Waals surface area contributed by atoms with Gasteiger partial charge in [0.25, 0.3) is 6.43 Å². The van der Waals surface area contributed by atoms with Gasteiger partial charge < -0.3 is 5.32 Å². The summed E-state index contributed by atoms with van der Waals surface area (Å²) in [6, 6.07) is 6.09. The third-order valence-corrected chi connectivity index (χ3v) is 2.82. The van der Waals surface area contributed by atoms with E-state index in [2.05, 4.69) is 11.4 Å². The minimum Gasteiger partial charge on any atom is -0.384 e. The highest BCUT2D eigenvalue weighted by Gasteiger charge is 2.15. The van der Waals surface area contributed by atoms with Crippen molar-refractivity contribution in [3.63, 3.8) is 0 Å². The molecule has 4 heteroatoms. The zero-order chi connectivity index (χ0) is 11.5. The maximum atomic E-state index is 12.2. The normalized spacial score (nSPS) is 14.3. The van der Waals surface area contributed by atoms with Gasteiger partial charge >= 0.3 is 0 Å². The maximum Gasteiger partial charge on any atom is 0.251 e. The van der Waals surface area contributed by atoms with Crippen LogP contribution in [0.25, 0.3) is 0 Å². The van der Waals surface area contributed by atoms with Crippen molar-refractivity contribution >= 4 is 5.69 Å². The average Bonchev–Trinajstić information content (AvgIpc) is 2.65. The lowest BCUT2D eigenvalue weighted by atomic mass is 10.1. The molecule has 2 nitrogen and oxygen atoms in total. The number of anilines is 1. The molecular weight excluding hydrogens is 210 g/mol. The SMILES string of the molecule is CN(Cc1cccc2c1NCC2)CC(F)F. The number of halogens is 2. The summed E-state index contributed by atoms with van der Waals surface area (Å²) in [6.07, 6.45) is -1.24. The summed E-state index contributed by atoms with van der Waals surface area (Å²) in [5, 5.41) is 3.31. The monoisotopic (exact) mass is 226 g/mol. The molecular formula is C12H16F2N2. The first-order chi connectivity index (χ1) is 7.66. The Bertz CT molecular complexity index is 366. The molecule has 1 aliphatic heterocycles. The van der Waals surface area contributed by atoms with E-state index in [4.69, 9.17) is 0 Å². The van der Waals surface area contributed by atoms with E-state index in [1.165, 1.54) is 5.56 Å². The summed E-state index contributed by atoms with van der Waals surface area (Å²) < 4.78 is 24.4. The molecule has 2 rings (SSSR count). The molecule has 0 radical (unpaired) electrons. The fourth-order valence-electron chi connectivity index (χ4n) is 2.13. The van der Waals surface area contributed by atoms with Gasteiger partial charge in [0, 0.05) is 18.8 Å². The number of hydrogen-bond acceptors (Lipinski definition) is 2. The first-order valence-corrected chi connectivity index (χ1v) is 5.48. The van der Waals surface area contributed by atoms with Crippen molar-refractivity contribution in [2.24, 2.45) is 0 Å². The minimum atomic E-state index is -2.27. The van der Waals surface area contributed by atoms with E-state index in [1.807, 2.05) is 12.1 Å². The maximum absolute atomic E-state index is 12.2. The molecule has 1 aromatic rings. The summed E-state index contributed by atoms with van der Waals surface area (Å²) in [5.41, 5.74) is 3.55. The second-order valence-electron chi connectivity index (χ2n) is 4.22. The van der Waals surface area contributed by atoms with Crippen molar-refractivity contribution in [3.05, 3.63) is 29.3 Å². The summed E-state index contributed by atoms with van der Waals surface area (Å²) in [4.78, 5) is 1.65. The van der Waals surface area contributed by atoms with Crippen LogP contribution in [0.1, 0.15) is 11.1 Å².